The molecular weight excluding hydrogens is 256 g/mol. The quantitative estimate of drug-likeness (QED) is 0.491. The molecule has 1 heterocycles. The van der Waals surface area contributed by atoms with Crippen LogP contribution in [-0.2, 0) is 13.0 Å². The Morgan fingerprint density at radius 1 is 0.952 bits per heavy atom. The zero-order valence-corrected chi connectivity index (χ0v) is 14.3. The summed E-state index contributed by atoms with van der Waals surface area (Å²) in [5, 5.41) is 0. The minimum Gasteiger partial charge on any atom is -0.351 e. The molecule has 1 atom stereocenters. The van der Waals surface area contributed by atoms with Crippen LogP contribution < -0.4 is 5.73 Å². The van der Waals surface area contributed by atoms with E-state index in [1.807, 2.05) is 0 Å². The molecule has 0 amide bonds. The Hall–Kier alpha value is -0.760. The first-order valence-electron chi connectivity index (χ1n) is 9.13. The van der Waals surface area contributed by atoms with Crippen molar-refractivity contribution in [2.24, 2.45) is 5.73 Å². The normalized spacial score (nSPS) is 12.7. The standard InChI is InChI=1S/C19H36N2/c1-3-4-5-6-7-8-9-10-11-12-15-21-16-13-14-19(21)17-18(2)20/h13-14,16,18H,3-12,15,17,20H2,1-2H3. The molecule has 0 aliphatic heterocycles. The van der Waals surface area contributed by atoms with E-state index < -0.39 is 0 Å². The molecule has 21 heavy (non-hydrogen) atoms. The second-order valence-electron chi connectivity index (χ2n) is 6.56. The lowest BCUT2D eigenvalue weighted by Gasteiger charge is -2.11. The van der Waals surface area contributed by atoms with E-state index in [9.17, 15) is 0 Å². The maximum atomic E-state index is 5.89. The van der Waals surface area contributed by atoms with Crippen LogP contribution in [0.2, 0.25) is 0 Å². The summed E-state index contributed by atoms with van der Waals surface area (Å²) in [5.74, 6) is 0. The number of hydrogen-bond acceptors (Lipinski definition) is 1. The monoisotopic (exact) mass is 292 g/mol. The van der Waals surface area contributed by atoms with Crippen molar-refractivity contribution in [2.75, 3.05) is 0 Å². The molecule has 0 aliphatic carbocycles. The maximum Gasteiger partial charge on any atom is 0.0222 e. The molecule has 0 aliphatic rings. The van der Waals surface area contributed by atoms with Gasteiger partial charge in [-0.25, -0.2) is 0 Å². The third kappa shape index (κ3) is 8.98. The van der Waals surface area contributed by atoms with Crippen LogP contribution >= 0.6 is 0 Å². The van der Waals surface area contributed by atoms with E-state index >= 15 is 0 Å². The molecule has 1 aromatic rings. The number of nitrogens with two attached hydrogens (primary N) is 1. The Bertz CT molecular complexity index is 341. The van der Waals surface area contributed by atoms with Gasteiger partial charge in [-0.15, -0.1) is 0 Å². The molecule has 0 spiro atoms. The van der Waals surface area contributed by atoms with Gasteiger partial charge in [0.15, 0.2) is 0 Å². The van der Waals surface area contributed by atoms with Gasteiger partial charge < -0.3 is 10.3 Å². The van der Waals surface area contributed by atoms with Crippen molar-refractivity contribution in [1.82, 2.24) is 4.57 Å². The summed E-state index contributed by atoms with van der Waals surface area (Å²) in [6, 6.07) is 4.61. The van der Waals surface area contributed by atoms with Crippen molar-refractivity contribution in [3.8, 4) is 0 Å². The van der Waals surface area contributed by atoms with Gasteiger partial charge in [0.05, 0.1) is 0 Å². The highest BCUT2D eigenvalue weighted by atomic mass is 15.0. The Kier molecular flexibility index (Phi) is 10.3. The zero-order chi connectivity index (χ0) is 15.3. The van der Waals surface area contributed by atoms with Gasteiger partial charge in [0.1, 0.15) is 0 Å². The van der Waals surface area contributed by atoms with Gasteiger partial charge in [-0.2, -0.15) is 0 Å². The first kappa shape index (κ1) is 18.3. The van der Waals surface area contributed by atoms with E-state index in [0.29, 0.717) is 0 Å². The predicted octanol–water partition coefficient (Wildman–Crippen LogP) is 5.30. The fraction of sp³-hybridized carbons (Fsp3) is 0.789. The molecule has 0 radical (unpaired) electrons. The predicted molar refractivity (Wildman–Crippen MR) is 93.6 cm³/mol. The third-order valence-corrected chi connectivity index (χ3v) is 4.21. The van der Waals surface area contributed by atoms with Crippen molar-refractivity contribution in [2.45, 2.75) is 97.1 Å². The molecule has 0 saturated carbocycles. The van der Waals surface area contributed by atoms with Crippen molar-refractivity contribution < 1.29 is 0 Å². The molecule has 1 unspecified atom stereocenters. The van der Waals surface area contributed by atoms with Crippen LogP contribution in [0.15, 0.2) is 18.3 Å². The number of hydrogen-bond donors (Lipinski definition) is 1. The molecule has 0 bridgehead atoms. The van der Waals surface area contributed by atoms with Gasteiger partial charge in [0.2, 0.25) is 0 Å². The third-order valence-electron chi connectivity index (χ3n) is 4.21. The van der Waals surface area contributed by atoms with E-state index in [4.69, 9.17) is 5.73 Å². The zero-order valence-electron chi connectivity index (χ0n) is 14.3. The smallest absolute Gasteiger partial charge is 0.0222 e. The molecule has 0 aromatic carbocycles. The number of aryl methyl sites for hydroxylation is 1. The van der Waals surface area contributed by atoms with Gasteiger partial charge in [-0.3, -0.25) is 0 Å². The van der Waals surface area contributed by atoms with Crippen LogP contribution in [0, 0.1) is 0 Å². The van der Waals surface area contributed by atoms with Crippen molar-refractivity contribution in [1.29, 1.82) is 0 Å². The van der Waals surface area contributed by atoms with E-state index in [-0.39, 0.29) is 6.04 Å². The topological polar surface area (TPSA) is 30.9 Å². The SMILES string of the molecule is CCCCCCCCCCCCn1cccc1CC(C)N. The van der Waals surface area contributed by atoms with Crippen molar-refractivity contribution in [3.05, 3.63) is 24.0 Å². The van der Waals surface area contributed by atoms with Gasteiger partial charge in [0.25, 0.3) is 0 Å². The fourth-order valence-electron chi connectivity index (χ4n) is 2.95. The van der Waals surface area contributed by atoms with Crippen LogP contribution in [0.1, 0.15) is 83.7 Å². The molecule has 0 fully saturated rings. The van der Waals surface area contributed by atoms with Crippen LogP contribution in [0.5, 0.6) is 0 Å². The lowest BCUT2D eigenvalue weighted by molar-refractivity contribution is 0.527. The van der Waals surface area contributed by atoms with Gasteiger partial charge >= 0.3 is 0 Å². The minimum absolute atomic E-state index is 0.256. The Morgan fingerprint density at radius 3 is 2.10 bits per heavy atom. The first-order chi connectivity index (χ1) is 10.2. The Balaban J connectivity index is 1.98. The maximum absolute atomic E-state index is 5.89. The minimum atomic E-state index is 0.256. The van der Waals surface area contributed by atoms with Crippen LogP contribution in [-0.4, -0.2) is 10.6 Å². The first-order valence-corrected chi connectivity index (χ1v) is 9.13. The van der Waals surface area contributed by atoms with Gasteiger partial charge in [0, 0.05) is 30.9 Å². The number of nitrogens with zero attached hydrogens (tertiary/aromatic N) is 1. The fourth-order valence-corrected chi connectivity index (χ4v) is 2.95. The van der Waals surface area contributed by atoms with E-state index in [1.165, 1.54) is 69.9 Å². The Labute approximate surface area is 132 Å². The Morgan fingerprint density at radius 2 is 1.52 bits per heavy atom. The van der Waals surface area contributed by atoms with E-state index in [0.717, 1.165) is 13.0 Å². The summed E-state index contributed by atoms with van der Waals surface area (Å²) in [4.78, 5) is 0. The molecule has 2 heteroatoms. The van der Waals surface area contributed by atoms with Crippen LogP contribution in [0.4, 0.5) is 0 Å². The number of unbranched alkanes of at least 4 members (excludes halogenated alkanes) is 9. The molecule has 122 valence electrons. The average Bonchev–Trinajstić information content (AvgIpc) is 2.87. The summed E-state index contributed by atoms with van der Waals surface area (Å²) >= 11 is 0. The number of rotatable bonds is 13. The van der Waals surface area contributed by atoms with Crippen LogP contribution in [0.25, 0.3) is 0 Å². The second kappa shape index (κ2) is 11.9. The molecule has 0 saturated heterocycles. The van der Waals surface area contributed by atoms with Gasteiger partial charge in [-0.1, -0.05) is 64.7 Å². The lowest BCUT2D eigenvalue weighted by Crippen LogP contribution is -2.19. The highest BCUT2D eigenvalue weighted by Gasteiger charge is 2.03. The summed E-state index contributed by atoms with van der Waals surface area (Å²) in [6.45, 7) is 5.52. The van der Waals surface area contributed by atoms with E-state index in [1.54, 1.807) is 0 Å². The molecule has 2 N–H and O–H groups in total. The second-order valence-corrected chi connectivity index (χ2v) is 6.56. The highest BCUT2D eigenvalue weighted by Crippen LogP contribution is 2.12. The van der Waals surface area contributed by atoms with Crippen molar-refractivity contribution in [3.63, 3.8) is 0 Å². The summed E-state index contributed by atoms with van der Waals surface area (Å²) in [5.41, 5.74) is 7.28. The number of aromatic nitrogens is 1. The summed E-state index contributed by atoms with van der Waals surface area (Å²) in [7, 11) is 0. The molecular formula is C19H36N2. The van der Waals surface area contributed by atoms with E-state index in [2.05, 4.69) is 36.7 Å². The highest BCUT2D eigenvalue weighted by molar-refractivity contribution is 5.08. The molecule has 2 nitrogen and oxygen atoms in total. The summed E-state index contributed by atoms with van der Waals surface area (Å²) < 4.78 is 2.38. The van der Waals surface area contributed by atoms with Gasteiger partial charge in [-0.05, 0) is 25.5 Å². The van der Waals surface area contributed by atoms with Crippen molar-refractivity contribution >= 4 is 0 Å². The van der Waals surface area contributed by atoms with Crippen LogP contribution in [0.3, 0.4) is 0 Å². The largest absolute Gasteiger partial charge is 0.351 e. The molecule has 1 rings (SSSR count). The summed E-state index contributed by atoms with van der Waals surface area (Å²) in [6.07, 6.45) is 17.2. The molecule has 1 aromatic heterocycles. The average molecular weight is 293 g/mol. The lowest BCUT2D eigenvalue weighted by atomic mass is 10.1.